The van der Waals surface area contributed by atoms with Crippen molar-refractivity contribution in [1.82, 2.24) is 10.6 Å². The molecule has 0 bridgehead atoms. The van der Waals surface area contributed by atoms with Crippen LogP contribution in [0.1, 0.15) is 12.0 Å². The number of para-hydroxylation sites is 1. The van der Waals surface area contributed by atoms with E-state index < -0.39 is 23.8 Å². The number of anilines is 1. The number of amides is 4. The predicted octanol–water partition coefficient (Wildman–Crippen LogP) is -2.17. The van der Waals surface area contributed by atoms with Crippen molar-refractivity contribution in [2.45, 2.75) is 18.9 Å². The smallest absolute Gasteiger partial charge is 0.242 e. The zero-order chi connectivity index (χ0) is 21.0. The van der Waals surface area contributed by atoms with Gasteiger partial charge in [-0.25, -0.2) is 0 Å². The van der Waals surface area contributed by atoms with Gasteiger partial charge in [-0.1, -0.05) is 18.2 Å². The molecule has 1 heterocycles. The first-order valence-corrected chi connectivity index (χ1v) is 8.25. The maximum Gasteiger partial charge on any atom is 0.242 e. The minimum atomic E-state index is -1.06. The molecule has 8 N–H and O–H groups in total. The summed E-state index contributed by atoms with van der Waals surface area (Å²) < 4.78 is 0. The maximum atomic E-state index is 12.1. The van der Waals surface area contributed by atoms with Crippen molar-refractivity contribution in [3.63, 3.8) is 0 Å². The first-order chi connectivity index (χ1) is 12.9. The number of benzene rings is 1. The lowest BCUT2D eigenvalue weighted by Crippen LogP contribution is -2.50. The van der Waals surface area contributed by atoms with Gasteiger partial charge in [0.25, 0.3) is 0 Å². The van der Waals surface area contributed by atoms with Crippen LogP contribution in [0.2, 0.25) is 0 Å². The lowest BCUT2D eigenvalue weighted by molar-refractivity contribution is -0.130. The normalized spacial score (nSPS) is 12.5. The summed E-state index contributed by atoms with van der Waals surface area (Å²) in [5, 5.41) is 4.78. The van der Waals surface area contributed by atoms with E-state index in [2.05, 4.69) is 22.1 Å². The summed E-state index contributed by atoms with van der Waals surface area (Å²) in [4.78, 5) is 48.2. The minimum absolute atomic E-state index is 0.187. The summed E-state index contributed by atoms with van der Waals surface area (Å²) in [5.41, 5.74) is 15.6. The average molecular weight is 380 g/mol. The zero-order valence-corrected chi connectivity index (χ0v) is 15.8. The largest absolute Gasteiger partial charge is 0.370 e. The average Bonchev–Trinajstić information content (AvgIpc) is 2.99. The predicted molar refractivity (Wildman–Crippen MR) is 103 cm³/mol. The first kappa shape index (κ1) is 24.0. The van der Waals surface area contributed by atoms with Crippen LogP contribution in [0, 0.1) is 0 Å². The number of hydrogen-bond acceptors (Lipinski definition) is 6. The van der Waals surface area contributed by atoms with Crippen LogP contribution in [0.5, 0.6) is 0 Å². The van der Waals surface area contributed by atoms with Gasteiger partial charge >= 0.3 is 0 Å². The van der Waals surface area contributed by atoms with Crippen LogP contribution >= 0.6 is 0 Å². The molecule has 0 saturated heterocycles. The van der Waals surface area contributed by atoms with E-state index in [1.807, 2.05) is 12.1 Å². The van der Waals surface area contributed by atoms with E-state index in [9.17, 15) is 19.2 Å². The quantitative estimate of drug-likeness (QED) is 0.375. The molecule has 0 radical (unpaired) electrons. The van der Waals surface area contributed by atoms with E-state index in [1.165, 1.54) is 26.0 Å². The standard InChI is InChI=1S/C15H18N4O4.2CH5N/c1-17-15(23)10(7-12(16)20)18-13(21)8-19-11-5-3-2-4-9(11)6-14(19)22;2*1-2/h2-5,10H,6-8H2,1H3,(H2,16,20)(H,17,23)(H,18,21);2*2H2,1H3/t10-;;/m0../s1. The second-order valence-corrected chi connectivity index (χ2v) is 5.19. The van der Waals surface area contributed by atoms with Gasteiger partial charge in [0.05, 0.1) is 12.8 Å². The number of rotatable bonds is 6. The Balaban J connectivity index is 0.00000158. The summed E-state index contributed by atoms with van der Waals surface area (Å²) in [6.45, 7) is -0.220. The number of fused-ring (bicyclic) bond motifs is 1. The molecule has 2 rings (SSSR count). The van der Waals surface area contributed by atoms with Crippen LogP contribution < -0.4 is 32.7 Å². The first-order valence-electron chi connectivity index (χ1n) is 8.25. The Morgan fingerprint density at radius 2 is 1.74 bits per heavy atom. The molecule has 0 saturated carbocycles. The molecule has 1 aromatic rings. The molecule has 27 heavy (non-hydrogen) atoms. The molecule has 10 heteroatoms. The van der Waals surface area contributed by atoms with Crippen LogP contribution in [0.3, 0.4) is 0 Å². The summed E-state index contributed by atoms with van der Waals surface area (Å²) in [6.07, 6.45) is -0.0699. The molecule has 1 atom stereocenters. The number of primary amides is 1. The van der Waals surface area contributed by atoms with Crippen LogP contribution in [0.4, 0.5) is 5.69 Å². The van der Waals surface area contributed by atoms with E-state index >= 15 is 0 Å². The third-order valence-electron chi connectivity index (χ3n) is 3.53. The van der Waals surface area contributed by atoms with Crippen LogP contribution in [0.15, 0.2) is 24.3 Å². The number of hydrogen-bond donors (Lipinski definition) is 5. The highest BCUT2D eigenvalue weighted by molar-refractivity contribution is 6.05. The third kappa shape index (κ3) is 7.04. The molecular formula is C17H28N6O4. The Kier molecular flexibility index (Phi) is 11.0. The summed E-state index contributed by atoms with van der Waals surface area (Å²) in [5.74, 6) is -1.95. The number of nitrogens with zero attached hydrogens (tertiary/aromatic N) is 1. The third-order valence-corrected chi connectivity index (χ3v) is 3.53. The summed E-state index contributed by atoms with van der Waals surface area (Å²) in [6, 6.07) is 6.13. The van der Waals surface area contributed by atoms with E-state index in [1.54, 1.807) is 12.1 Å². The van der Waals surface area contributed by atoms with Gasteiger partial charge in [-0.3, -0.25) is 19.2 Å². The molecule has 0 unspecified atom stereocenters. The molecule has 0 fully saturated rings. The Morgan fingerprint density at radius 1 is 1.15 bits per heavy atom. The van der Waals surface area contributed by atoms with Crippen molar-refractivity contribution >= 4 is 29.3 Å². The monoisotopic (exact) mass is 380 g/mol. The lowest BCUT2D eigenvalue weighted by atomic mass is 10.1. The van der Waals surface area contributed by atoms with Crippen molar-refractivity contribution in [1.29, 1.82) is 0 Å². The molecule has 1 aromatic carbocycles. The number of nitrogens with one attached hydrogen (secondary N) is 2. The van der Waals surface area contributed by atoms with Gasteiger partial charge in [-0.15, -0.1) is 0 Å². The van der Waals surface area contributed by atoms with Crippen molar-refractivity contribution < 1.29 is 19.2 Å². The fraction of sp³-hybridized carbons (Fsp3) is 0.412. The van der Waals surface area contributed by atoms with Gasteiger partial charge < -0.3 is 32.7 Å². The van der Waals surface area contributed by atoms with E-state index in [0.29, 0.717) is 5.69 Å². The lowest BCUT2D eigenvalue weighted by Gasteiger charge is -2.20. The Labute approximate surface area is 158 Å². The minimum Gasteiger partial charge on any atom is -0.370 e. The number of carbonyl (C=O) groups is 4. The van der Waals surface area contributed by atoms with Gasteiger partial charge in [0.1, 0.15) is 12.6 Å². The molecule has 0 aromatic heterocycles. The molecule has 0 spiro atoms. The molecule has 150 valence electrons. The fourth-order valence-corrected chi connectivity index (χ4v) is 2.46. The Bertz CT molecular complexity index is 665. The van der Waals surface area contributed by atoms with Gasteiger partial charge in [0, 0.05) is 12.7 Å². The highest BCUT2D eigenvalue weighted by atomic mass is 16.2. The van der Waals surface area contributed by atoms with Gasteiger partial charge in [0.15, 0.2) is 0 Å². The molecule has 10 nitrogen and oxygen atoms in total. The second-order valence-electron chi connectivity index (χ2n) is 5.19. The topological polar surface area (TPSA) is 174 Å². The fourth-order valence-electron chi connectivity index (χ4n) is 2.46. The molecule has 0 aliphatic carbocycles. The van der Waals surface area contributed by atoms with Crippen molar-refractivity contribution in [2.24, 2.45) is 17.2 Å². The van der Waals surface area contributed by atoms with Gasteiger partial charge in [-0.05, 0) is 25.7 Å². The van der Waals surface area contributed by atoms with Crippen LogP contribution in [-0.4, -0.2) is 57.4 Å². The number of likely N-dealkylation sites (N-methyl/N-ethyl adjacent to an activating group) is 1. The maximum absolute atomic E-state index is 12.1. The summed E-state index contributed by atoms with van der Waals surface area (Å²) in [7, 11) is 4.39. The molecule has 4 amide bonds. The Morgan fingerprint density at radius 3 is 2.30 bits per heavy atom. The molecule has 1 aliphatic heterocycles. The van der Waals surface area contributed by atoms with Gasteiger partial charge in [-0.2, -0.15) is 0 Å². The van der Waals surface area contributed by atoms with Crippen molar-refractivity contribution in [2.75, 3.05) is 32.6 Å². The Hall–Kier alpha value is -2.98. The number of carbonyl (C=O) groups excluding carboxylic acids is 4. The van der Waals surface area contributed by atoms with Crippen molar-refractivity contribution in [3.8, 4) is 0 Å². The number of nitrogens with two attached hydrogens (primary N) is 3. The van der Waals surface area contributed by atoms with E-state index in [4.69, 9.17) is 5.73 Å². The SMILES string of the molecule is CN.CN.CNC(=O)[C@H](CC(N)=O)NC(=O)CN1C(=O)Cc2ccccc21. The highest BCUT2D eigenvalue weighted by Crippen LogP contribution is 2.27. The molecular weight excluding hydrogens is 352 g/mol. The van der Waals surface area contributed by atoms with Crippen LogP contribution in [0.25, 0.3) is 0 Å². The highest BCUT2D eigenvalue weighted by Gasteiger charge is 2.30. The van der Waals surface area contributed by atoms with E-state index in [0.717, 1.165) is 5.56 Å². The summed E-state index contributed by atoms with van der Waals surface area (Å²) >= 11 is 0. The van der Waals surface area contributed by atoms with E-state index in [-0.39, 0.29) is 25.3 Å². The zero-order valence-electron chi connectivity index (χ0n) is 15.8. The van der Waals surface area contributed by atoms with Crippen molar-refractivity contribution in [3.05, 3.63) is 29.8 Å². The van der Waals surface area contributed by atoms with Crippen LogP contribution in [-0.2, 0) is 25.6 Å². The van der Waals surface area contributed by atoms with Gasteiger partial charge in [0.2, 0.25) is 23.6 Å². The molecule has 1 aliphatic rings. The second kappa shape index (κ2) is 12.4.